The molecule has 0 saturated heterocycles. The third-order valence-electron chi connectivity index (χ3n) is 3.51. The first kappa shape index (κ1) is 11.2. The largest absolute Gasteiger partial charge is 0.397 e. The SMILES string of the molecule is CCCC1(CNc2ccc(N)c(C)n2)CC1. The highest BCUT2D eigenvalue weighted by Gasteiger charge is 2.41. The van der Waals surface area contributed by atoms with Crippen LogP contribution in [0, 0.1) is 12.3 Å². The van der Waals surface area contributed by atoms with Crippen LogP contribution in [-0.4, -0.2) is 11.5 Å². The van der Waals surface area contributed by atoms with Crippen molar-refractivity contribution in [2.24, 2.45) is 5.41 Å². The minimum Gasteiger partial charge on any atom is -0.397 e. The molecule has 0 atom stereocenters. The molecule has 0 aromatic carbocycles. The zero-order chi connectivity index (χ0) is 11.6. The number of hydrogen-bond donors (Lipinski definition) is 2. The van der Waals surface area contributed by atoms with E-state index in [4.69, 9.17) is 5.73 Å². The molecule has 0 spiro atoms. The maximum atomic E-state index is 5.74. The molecule has 1 aromatic rings. The number of aromatic nitrogens is 1. The van der Waals surface area contributed by atoms with Crippen molar-refractivity contribution in [1.82, 2.24) is 4.98 Å². The van der Waals surface area contributed by atoms with E-state index in [9.17, 15) is 0 Å². The van der Waals surface area contributed by atoms with Crippen LogP contribution in [0.4, 0.5) is 11.5 Å². The molecule has 1 fully saturated rings. The molecule has 3 nitrogen and oxygen atoms in total. The van der Waals surface area contributed by atoms with Gasteiger partial charge in [-0.25, -0.2) is 4.98 Å². The van der Waals surface area contributed by atoms with Gasteiger partial charge in [0.2, 0.25) is 0 Å². The Balaban J connectivity index is 1.92. The third kappa shape index (κ3) is 2.46. The third-order valence-corrected chi connectivity index (χ3v) is 3.51. The van der Waals surface area contributed by atoms with Gasteiger partial charge in [0.1, 0.15) is 5.82 Å². The first-order chi connectivity index (χ1) is 7.65. The van der Waals surface area contributed by atoms with Gasteiger partial charge in [-0.05, 0) is 43.7 Å². The van der Waals surface area contributed by atoms with E-state index >= 15 is 0 Å². The summed E-state index contributed by atoms with van der Waals surface area (Å²) in [4.78, 5) is 4.43. The summed E-state index contributed by atoms with van der Waals surface area (Å²) in [6, 6.07) is 3.88. The highest BCUT2D eigenvalue weighted by atomic mass is 15.0. The second-order valence-electron chi connectivity index (χ2n) is 4.97. The number of nitrogen functional groups attached to an aromatic ring is 1. The molecule has 3 heteroatoms. The van der Waals surface area contributed by atoms with Crippen LogP contribution in [0.5, 0.6) is 0 Å². The molecular formula is C13H21N3. The lowest BCUT2D eigenvalue weighted by Crippen LogP contribution is -2.16. The molecule has 1 aliphatic carbocycles. The lowest BCUT2D eigenvalue weighted by Gasteiger charge is -2.15. The van der Waals surface area contributed by atoms with Crippen LogP contribution in [0.2, 0.25) is 0 Å². The zero-order valence-corrected chi connectivity index (χ0v) is 10.2. The van der Waals surface area contributed by atoms with Crippen LogP contribution in [0.3, 0.4) is 0 Å². The van der Waals surface area contributed by atoms with Crippen LogP contribution in [-0.2, 0) is 0 Å². The highest BCUT2D eigenvalue weighted by molar-refractivity contribution is 5.49. The van der Waals surface area contributed by atoms with E-state index < -0.39 is 0 Å². The summed E-state index contributed by atoms with van der Waals surface area (Å²) in [5.41, 5.74) is 7.97. The average Bonchev–Trinajstić information content (AvgIpc) is 3.01. The zero-order valence-electron chi connectivity index (χ0n) is 10.2. The molecular weight excluding hydrogens is 198 g/mol. The first-order valence-electron chi connectivity index (χ1n) is 6.12. The van der Waals surface area contributed by atoms with Gasteiger partial charge in [-0.15, -0.1) is 0 Å². The van der Waals surface area contributed by atoms with E-state index in [0.29, 0.717) is 5.41 Å². The fourth-order valence-electron chi connectivity index (χ4n) is 2.17. The Morgan fingerprint density at radius 3 is 2.75 bits per heavy atom. The normalized spacial score (nSPS) is 17.1. The summed E-state index contributed by atoms with van der Waals surface area (Å²) in [6.45, 7) is 5.25. The van der Waals surface area contributed by atoms with Gasteiger partial charge >= 0.3 is 0 Å². The Kier molecular flexibility index (Phi) is 3.03. The smallest absolute Gasteiger partial charge is 0.126 e. The number of nitrogens with zero attached hydrogens (tertiary/aromatic N) is 1. The van der Waals surface area contributed by atoms with Crippen molar-refractivity contribution in [3.05, 3.63) is 17.8 Å². The van der Waals surface area contributed by atoms with Gasteiger partial charge in [-0.1, -0.05) is 13.3 Å². The number of hydrogen-bond acceptors (Lipinski definition) is 3. The number of anilines is 2. The summed E-state index contributed by atoms with van der Waals surface area (Å²) in [5.74, 6) is 0.953. The van der Waals surface area contributed by atoms with Crippen molar-refractivity contribution in [2.75, 3.05) is 17.6 Å². The lowest BCUT2D eigenvalue weighted by atomic mass is 10.0. The summed E-state index contributed by atoms with van der Waals surface area (Å²) in [7, 11) is 0. The molecule has 3 N–H and O–H groups in total. The Morgan fingerprint density at radius 1 is 1.44 bits per heavy atom. The van der Waals surface area contributed by atoms with E-state index in [1.807, 2.05) is 19.1 Å². The minimum atomic E-state index is 0.561. The summed E-state index contributed by atoms with van der Waals surface area (Å²) >= 11 is 0. The molecule has 1 heterocycles. The monoisotopic (exact) mass is 219 g/mol. The van der Waals surface area contributed by atoms with Crippen molar-refractivity contribution in [2.45, 2.75) is 39.5 Å². The van der Waals surface area contributed by atoms with Crippen molar-refractivity contribution in [3.8, 4) is 0 Å². The maximum absolute atomic E-state index is 5.74. The highest BCUT2D eigenvalue weighted by Crippen LogP contribution is 2.49. The predicted octanol–water partition coefficient (Wildman–Crippen LogP) is 2.96. The molecule has 0 bridgehead atoms. The molecule has 1 aliphatic rings. The molecule has 0 radical (unpaired) electrons. The van der Waals surface area contributed by atoms with E-state index in [1.165, 1.54) is 25.7 Å². The second kappa shape index (κ2) is 4.32. The Morgan fingerprint density at radius 2 is 2.19 bits per heavy atom. The fourth-order valence-corrected chi connectivity index (χ4v) is 2.17. The Hall–Kier alpha value is -1.25. The van der Waals surface area contributed by atoms with E-state index in [1.54, 1.807) is 0 Å². The molecule has 0 unspecified atom stereocenters. The summed E-state index contributed by atoms with van der Waals surface area (Å²) in [5, 5.41) is 3.43. The number of aryl methyl sites for hydroxylation is 1. The topological polar surface area (TPSA) is 50.9 Å². The second-order valence-corrected chi connectivity index (χ2v) is 4.97. The average molecular weight is 219 g/mol. The first-order valence-corrected chi connectivity index (χ1v) is 6.12. The van der Waals surface area contributed by atoms with E-state index in [0.717, 1.165) is 23.7 Å². The van der Waals surface area contributed by atoms with Crippen LogP contribution in [0.15, 0.2) is 12.1 Å². The number of nitrogens with one attached hydrogen (secondary N) is 1. The maximum Gasteiger partial charge on any atom is 0.126 e. The van der Waals surface area contributed by atoms with Crippen LogP contribution < -0.4 is 11.1 Å². The predicted molar refractivity (Wildman–Crippen MR) is 68.5 cm³/mol. The van der Waals surface area contributed by atoms with Gasteiger partial charge in [0.25, 0.3) is 0 Å². The molecule has 1 aromatic heterocycles. The van der Waals surface area contributed by atoms with Crippen molar-refractivity contribution in [1.29, 1.82) is 0 Å². The summed E-state index contributed by atoms with van der Waals surface area (Å²) in [6.07, 6.45) is 5.33. The summed E-state index contributed by atoms with van der Waals surface area (Å²) < 4.78 is 0. The molecule has 16 heavy (non-hydrogen) atoms. The number of nitrogens with two attached hydrogens (primary N) is 1. The quantitative estimate of drug-likeness (QED) is 0.800. The van der Waals surface area contributed by atoms with Crippen molar-refractivity contribution in [3.63, 3.8) is 0 Å². The Labute approximate surface area is 97.5 Å². The van der Waals surface area contributed by atoms with Gasteiger partial charge in [-0.3, -0.25) is 0 Å². The van der Waals surface area contributed by atoms with Crippen LogP contribution >= 0.6 is 0 Å². The molecule has 0 aliphatic heterocycles. The van der Waals surface area contributed by atoms with Crippen molar-refractivity contribution >= 4 is 11.5 Å². The molecule has 1 saturated carbocycles. The van der Waals surface area contributed by atoms with Gasteiger partial charge < -0.3 is 11.1 Å². The number of pyridine rings is 1. The van der Waals surface area contributed by atoms with E-state index in [2.05, 4.69) is 17.2 Å². The fraction of sp³-hybridized carbons (Fsp3) is 0.615. The minimum absolute atomic E-state index is 0.561. The van der Waals surface area contributed by atoms with Gasteiger partial charge in [0, 0.05) is 6.54 Å². The Bertz CT molecular complexity index is 369. The molecule has 0 amide bonds. The van der Waals surface area contributed by atoms with E-state index in [-0.39, 0.29) is 0 Å². The van der Waals surface area contributed by atoms with Crippen LogP contribution in [0.1, 0.15) is 38.3 Å². The number of rotatable bonds is 5. The van der Waals surface area contributed by atoms with Gasteiger partial charge in [-0.2, -0.15) is 0 Å². The van der Waals surface area contributed by atoms with Gasteiger partial charge in [0.15, 0.2) is 0 Å². The standard InChI is InChI=1S/C13H21N3/c1-3-6-13(7-8-13)9-15-12-5-4-11(14)10(2)16-12/h4-5H,3,6-9,14H2,1-2H3,(H,15,16). The molecule has 88 valence electrons. The molecule has 2 rings (SSSR count). The van der Waals surface area contributed by atoms with Crippen molar-refractivity contribution < 1.29 is 0 Å². The van der Waals surface area contributed by atoms with Crippen LogP contribution in [0.25, 0.3) is 0 Å². The lowest BCUT2D eigenvalue weighted by molar-refractivity contribution is 0.485. The van der Waals surface area contributed by atoms with Gasteiger partial charge in [0.05, 0.1) is 11.4 Å².